The zero-order valence-electron chi connectivity index (χ0n) is 10.7. The third-order valence-corrected chi connectivity index (χ3v) is 3.20. The highest BCUT2D eigenvalue weighted by molar-refractivity contribution is 6.35. The number of carboxylic acids is 1. The molecule has 2 aromatic heterocycles. The second kappa shape index (κ2) is 5.38. The summed E-state index contributed by atoms with van der Waals surface area (Å²) < 4.78 is 5.67. The number of benzene rings is 1. The first-order chi connectivity index (χ1) is 10.2. The van der Waals surface area contributed by atoms with Crippen molar-refractivity contribution in [2.24, 2.45) is 0 Å². The summed E-state index contributed by atoms with van der Waals surface area (Å²) in [7, 11) is 0. The number of aromatic nitrogens is 2. The van der Waals surface area contributed by atoms with E-state index in [9.17, 15) is 4.79 Å². The Morgan fingerprint density at radius 3 is 2.62 bits per heavy atom. The van der Waals surface area contributed by atoms with E-state index in [1.165, 1.54) is 6.20 Å². The zero-order chi connectivity index (χ0) is 14.8. The second-order valence-electron chi connectivity index (χ2n) is 4.20. The van der Waals surface area contributed by atoms with Crippen LogP contribution in [0.15, 0.2) is 48.8 Å². The van der Waals surface area contributed by atoms with Crippen LogP contribution in [0.3, 0.4) is 0 Å². The average Bonchev–Trinajstić information content (AvgIpc) is 2.51. The number of aromatic carboxylic acids is 1. The summed E-state index contributed by atoms with van der Waals surface area (Å²) in [6.45, 7) is 0. The van der Waals surface area contributed by atoms with Crippen molar-refractivity contribution in [3.63, 3.8) is 0 Å². The number of ether oxygens (including phenoxy) is 1. The number of hydrogen-bond acceptors (Lipinski definition) is 4. The van der Waals surface area contributed by atoms with Gasteiger partial charge in [0, 0.05) is 17.8 Å². The van der Waals surface area contributed by atoms with Crippen molar-refractivity contribution in [2.75, 3.05) is 0 Å². The van der Waals surface area contributed by atoms with E-state index in [4.69, 9.17) is 21.4 Å². The van der Waals surface area contributed by atoms with Crippen LogP contribution >= 0.6 is 11.6 Å². The van der Waals surface area contributed by atoms with E-state index in [-0.39, 0.29) is 11.4 Å². The molecule has 0 amide bonds. The topological polar surface area (TPSA) is 72.3 Å². The van der Waals surface area contributed by atoms with E-state index in [1.807, 2.05) is 6.07 Å². The van der Waals surface area contributed by atoms with Gasteiger partial charge in [0.15, 0.2) is 17.2 Å². The summed E-state index contributed by atoms with van der Waals surface area (Å²) in [4.78, 5) is 19.2. The molecule has 5 nitrogen and oxygen atoms in total. The molecule has 0 unspecified atom stereocenters. The smallest absolute Gasteiger partial charge is 0.358 e. The molecule has 1 aromatic carbocycles. The van der Waals surface area contributed by atoms with Gasteiger partial charge in [-0.3, -0.25) is 4.98 Å². The maximum Gasteiger partial charge on any atom is 0.358 e. The molecule has 3 aromatic rings. The highest BCUT2D eigenvalue weighted by Gasteiger charge is 2.15. The maximum absolute atomic E-state index is 11.2. The van der Waals surface area contributed by atoms with E-state index in [2.05, 4.69) is 9.97 Å². The largest absolute Gasteiger partial charge is 0.476 e. The number of fused-ring (bicyclic) bond motifs is 1. The van der Waals surface area contributed by atoms with Gasteiger partial charge in [-0.15, -0.1) is 0 Å². The van der Waals surface area contributed by atoms with Crippen molar-refractivity contribution in [3.8, 4) is 11.5 Å². The number of nitrogens with zero attached hydrogens (tertiary/aromatic N) is 2. The van der Waals surface area contributed by atoms with Crippen LogP contribution in [0, 0.1) is 0 Å². The van der Waals surface area contributed by atoms with Crippen LogP contribution in [0.25, 0.3) is 10.9 Å². The first-order valence-corrected chi connectivity index (χ1v) is 6.44. The molecule has 21 heavy (non-hydrogen) atoms. The Labute approximate surface area is 124 Å². The SMILES string of the molecule is O=C(O)c1ncccc1Oc1ccc(Cl)c2cccnc12. The molecule has 0 aliphatic carbocycles. The molecule has 0 aliphatic heterocycles. The summed E-state index contributed by atoms with van der Waals surface area (Å²) in [5.41, 5.74) is 0.404. The number of hydrogen-bond donors (Lipinski definition) is 1. The minimum Gasteiger partial charge on any atom is -0.476 e. The molecule has 1 N–H and O–H groups in total. The molecule has 0 saturated carbocycles. The van der Waals surface area contributed by atoms with E-state index >= 15 is 0 Å². The molecular formula is C15H9ClN2O3. The summed E-state index contributed by atoms with van der Waals surface area (Å²) in [5, 5.41) is 10.4. The van der Waals surface area contributed by atoms with Crippen molar-refractivity contribution in [1.82, 2.24) is 9.97 Å². The van der Waals surface area contributed by atoms with Crippen LogP contribution < -0.4 is 4.74 Å². The Bertz CT molecular complexity index is 836. The summed E-state index contributed by atoms with van der Waals surface area (Å²) in [6.07, 6.45) is 3.02. The molecule has 3 rings (SSSR count). The first-order valence-electron chi connectivity index (χ1n) is 6.06. The predicted octanol–water partition coefficient (Wildman–Crippen LogP) is 3.77. The molecule has 104 valence electrons. The minimum absolute atomic E-state index is 0.152. The van der Waals surface area contributed by atoms with Crippen LogP contribution in [0.4, 0.5) is 0 Å². The fraction of sp³-hybridized carbons (Fsp3) is 0. The average molecular weight is 301 g/mol. The van der Waals surface area contributed by atoms with Gasteiger partial charge < -0.3 is 9.84 Å². The molecular weight excluding hydrogens is 292 g/mol. The van der Waals surface area contributed by atoms with E-state index in [0.29, 0.717) is 16.3 Å². The van der Waals surface area contributed by atoms with Gasteiger partial charge in [-0.1, -0.05) is 11.6 Å². The lowest BCUT2D eigenvalue weighted by atomic mass is 10.2. The van der Waals surface area contributed by atoms with Crippen molar-refractivity contribution >= 4 is 28.5 Å². The molecule has 0 saturated heterocycles. The molecule has 0 aliphatic rings. The number of carbonyl (C=O) groups is 1. The monoisotopic (exact) mass is 300 g/mol. The number of rotatable bonds is 3. The zero-order valence-corrected chi connectivity index (χ0v) is 11.4. The van der Waals surface area contributed by atoms with E-state index in [0.717, 1.165) is 5.39 Å². The Morgan fingerprint density at radius 2 is 1.81 bits per heavy atom. The van der Waals surface area contributed by atoms with Gasteiger partial charge in [-0.2, -0.15) is 0 Å². The third-order valence-electron chi connectivity index (χ3n) is 2.87. The molecule has 2 heterocycles. The summed E-state index contributed by atoms with van der Waals surface area (Å²) in [6, 6.07) is 10.1. The first kappa shape index (κ1) is 13.3. The normalized spacial score (nSPS) is 10.5. The fourth-order valence-corrected chi connectivity index (χ4v) is 2.16. The highest BCUT2D eigenvalue weighted by Crippen LogP contribution is 2.33. The quantitative estimate of drug-likeness (QED) is 0.797. The van der Waals surface area contributed by atoms with Crippen molar-refractivity contribution in [3.05, 3.63) is 59.5 Å². The Balaban J connectivity index is 2.11. The molecule has 0 fully saturated rings. The minimum atomic E-state index is -1.16. The van der Waals surface area contributed by atoms with Crippen LogP contribution in [-0.4, -0.2) is 21.0 Å². The van der Waals surface area contributed by atoms with Gasteiger partial charge in [0.05, 0.1) is 5.02 Å². The van der Waals surface area contributed by atoms with Crippen LogP contribution in [0.5, 0.6) is 11.5 Å². The van der Waals surface area contributed by atoms with Gasteiger partial charge in [-0.05, 0) is 36.4 Å². The molecule has 0 atom stereocenters. The third kappa shape index (κ3) is 2.51. The van der Waals surface area contributed by atoms with Gasteiger partial charge in [-0.25, -0.2) is 9.78 Å². The van der Waals surface area contributed by atoms with Crippen molar-refractivity contribution in [2.45, 2.75) is 0 Å². The Kier molecular flexibility index (Phi) is 3.41. The number of halogens is 1. The second-order valence-corrected chi connectivity index (χ2v) is 4.61. The fourth-order valence-electron chi connectivity index (χ4n) is 1.95. The van der Waals surface area contributed by atoms with Crippen LogP contribution in [0.2, 0.25) is 5.02 Å². The maximum atomic E-state index is 11.2. The molecule has 0 radical (unpaired) electrons. The van der Waals surface area contributed by atoms with Crippen LogP contribution in [-0.2, 0) is 0 Å². The highest BCUT2D eigenvalue weighted by atomic mass is 35.5. The van der Waals surface area contributed by atoms with Gasteiger partial charge in [0.1, 0.15) is 5.52 Å². The summed E-state index contributed by atoms with van der Waals surface area (Å²) in [5.74, 6) is -0.582. The Hall–Kier alpha value is -2.66. The van der Waals surface area contributed by atoms with E-state index < -0.39 is 5.97 Å². The lowest BCUT2D eigenvalue weighted by molar-refractivity contribution is 0.0687. The van der Waals surface area contributed by atoms with Gasteiger partial charge in [0.25, 0.3) is 0 Å². The Morgan fingerprint density at radius 1 is 1.05 bits per heavy atom. The van der Waals surface area contributed by atoms with Crippen molar-refractivity contribution < 1.29 is 14.6 Å². The molecule has 6 heteroatoms. The lowest BCUT2D eigenvalue weighted by Gasteiger charge is -2.10. The van der Waals surface area contributed by atoms with Gasteiger partial charge in [0.2, 0.25) is 0 Å². The standard InChI is InChI=1S/C15H9ClN2O3/c16-10-5-6-12(13-9(10)3-1-7-17-13)21-11-4-2-8-18-14(11)15(19)20/h1-8H,(H,19,20). The number of pyridine rings is 2. The van der Waals surface area contributed by atoms with E-state index in [1.54, 1.807) is 36.5 Å². The lowest BCUT2D eigenvalue weighted by Crippen LogP contribution is -2.03. The molecule has 0 spiro atoms. The number of carboxylic acid groups (broad SMARTS) is 1. The predicted molar refractivity (Wildman–Crippen MR) is 78.0 cm³/mol. The van der Waals surface area contributed by atoms with Crippen LogP contribution in [0.1, 0.15) is 10.5 Å². The summed E-state index contributed by atoms with van der Waals surface area (Å²) >= 11 is 6.11. The van der Waals surface area contributed by atoms with Crippen molar-refractivity contribution in [1.29, 1.82) is 0 Å². The van der Waals surface area contributed by atoms with Gasteiger partial charge >= 0.3 is 5.97 Å². The molecule has 0 bridgehead atoms.